The maximum absolute atomic E-state index is 13.4. The largest absolute Gasteiger partial charge is 0.481 e. The number of amides is 1. The van der Waals surface area contributed by atoms with Gasteiger partial charge in [0, 0.05) is 6.04 Å². The van der Waals surface area contributed by atoms with Crippen molar-refractivity contribution < 1.29 is 28.2 Å². The third-order valence-electron chi connectivity index (χ3n) is 5.79. The van der Waals surface area contributed by atoms with Crippen LogP contribution in [0.4, 0.5) is 14.5 Å². The van der Waals surface area contributed by atoms with E-state index in [9.17, 15) is 23.5 Å². The number of anilines is 1. The van der Waals surface area contributed by atoms with E-state index in [2.05, 4.69) is 10.3 Å². The molecule has 9 heteroatoms. The standard InChI is InChI=1S/C24H27F2N3O4/c25-24(26)14-29(15-24)20-11-10-19(28-23(20)33-13-17-6-7-17)22(32)27-18(12-21(30)31)9-8-16-4-2-1-3-5-16/h1-5,10-11,17-18H,6-9,12-15H2,(H,27,32)(H,30,31). The number of pyridine rings is 1. The van der Waals surface area contributed by atoms with Crippen molar-refractivity contribution in [3.8, 4) is 5.88 Å². The lowest BCUT2D eigenvalue weighted by Gasteiger charge is -2.40. The number of aryl methyl sites for hydroxylation is 1. The molecule has 1 amide bonds. The molecule has 2 aliphatic rings. The van der Waals surface area contributed by atoms with Crippen LogP contribution in [-0.2, 0) is 11.2 Å². The number of carbonyl (C=O) groups is 2. The molecule has 1 unspecified atom stereocenters. The maximum Gasteiger partial charge on any atom is 0.305 e. The molecule has 33 heavy (non-hydrogen) atoms. The Hall–Kier alpha value is -3.23. The quantitative estimate of drug-likeness (QED) is 0.534. The molecule has 1 aromatic heterocycles. The molecule has 1 saturated heterocycles. The van der Waals surface area contributed by atoms with Gasteiger partial charge < -0.3 is 20.1 Å². The van der Waals surface area contributed by atoms with Crippen molar-refractivity contribution in [1.82, 2.24) is 10.3 Å². The zero-order valence-corrected chi connectivity index (χ0v) is 18.2. The van der Waals surface area contributed by atoms with E-state index < -0.39 is 36.9 Å². The highest BCUT2D eigenvalue weighted by atomic mass is 19.3. The van der Waals surface area contributed by atoms with Crippen LogP contribution in [0.3, 0.4) is 0 Å². The van der Waals surface area contributed by atoms with Gasteiger partial charge in [0.15, 0.2) is 0 Å². The summed E-state index contributed by atoms with van der Waals surface area (Å²) in [6.07, 6.45) is 2.95. The summed E-state index contributed by atoms with van der Waals surface area (Å²) in [5.41, 5.74) is 1.54. The Labute approximate surface area is 190 Å². The highest BCUT2D eigenvalue weighted by Gasteiger charge is 2.45. The first kappa shape index (κ1) is 22.9. The van der Waals surface area contributed by atoms with Crippen LogP contribution in [0, 0.1) is 5.92 Å². The lowest BCUT2D eigenvalue weighted by Crippen LogP contribution is -2.56. The van der Waals surface area contributed by atoms with E-state index in [1.165, 1.54) is 11.0 Å². The van der Waals surface area contributed by atoms with Crippen molar-refractivity contribution >= 4 is 17.6 Å². The minimum Gasteiger partial charge on any atom is -0.481 e. The molecule has 2 aromatic rings. The van der Waals surface area contributed by atoms with Crippen LogP contribution in [0.2, 0.25) is 0 Å². The Kier molecular flexibility index (Phi) is 6.76. The molecule has 2 heterocycles. The Balaban J connectivity index is 1.45. The summed E-state index contributed by atoms with van der Waals surface area (Å²) in [6, 6.07) is 12.0. The van der Waals surface area contributed by atoms with E-state index in [1.54, 1.807) is 6.07 Å². The van der Waals surface area contributed by atoms with Gasteiger partial charge in [0.25, 0.3) is 11.8 Å². The second kappa shape index (κ2) is 9.72. The molecule has 2 N–H and O–H groups in total. The van der Waals surface area contributed by atoms with Crippen molar-refractivity contribution in [2.75, 3.05) is 24.6 Å². The van der Waals surface area contributed by atoms with Crippen molar-refractivity contribution in [1.29, 1.82) is 0 Å². The number of carbonyl (C=O) groups excluding carboxylic acids is 1. The van der Waals surface area contributed by atoms with E-state index in [0.29, 0.717) is 31.1 Å². The third kappa shape index (κ3) is 6.40. The minimum absolute atomic E-state index is 0.0620. The van der Waals surface area contributed by atoms with Crippen molar-refractivity contribution in [2.45, 2.75) is 44.1 Å². The molecule has 1 saturated carbocycles. The third-order valence-corrected chi connectivity index (χ3v) is 5.79. The number of carboxylic acid groups (broad SMARTS) is 1. The maximum atomic E-state index is 13.4. The fraction of sp³-hybridized carbons (Fsp3) is 0.458. The van der Waals surface area contributed by atoms with E-state index in [0.717, 1.165) is 18.4 Å². The first-order valence-corrected chi connectivity index (χ1v) is 11.1. The van der Waals surface area contributed by atoms with Gasteiger partial charge in [-0.3, -0.25) is 9.59 Å². The highest BCUT2D eigenvalue weighted by molar-refractivity contribution is 5.93. The monoisotopic (exact) mass is 459 g/mol. The van der Waals surface area contributed by atoms with Crippen LogP contribution in [0.15, 0.2) is 42.5 Å². The second-order valence-corrected chi connectivity index (χ2v) is 8.78. The SMILES string of the molecule is O=C(O)CC(CCc1ccccc1)NC(=O)c1ccc(N2CC(F)(F)C2)c(OCC2CC2)n1. The summed E-state index contributed by atoms with van der Waals surface area (Å²) in [7, 11) is 0. The molecule has 2 fully saturated rings. The fourth-order valence-corrected chi connectivity index (χ4v) is 3.75. The van der Waals surface area contributed by atoms with Gasteiger partial charge in [-0.05, 0) is 49.3 Å². The Morgan fingerprint density at radius 2 is 1.91 bits per heavy atom. The zero-order chi connectivity index (χ0) is 23.4. The van der Waals surface area contributed by atoms with Gasteiger partial charge in [-0.2, -0.15) is 0 Å². The topological polar surface area (TPSA) is 91.8 Å². The van der Waals surface area contributed by atoms with Crippen LogP contribution in [-0.4, -0.2) is 53.6 Å². The highest BCUT2D eigenvalue weighted by Crippen LogP contribution is 2.38. The molecular formula is C24H27F2N3O4. The number of nitrogens with one attached hydrogen (secondary N) is 1. The number of nitrogens with zero attached hydrogens (tertiary/aromatic N) is 2. The molecule has 0 radical (unpaired) electrons. The van der Waals surface area contributed by atoms with Gasteiger partial charge in [-0.25, -0.2) is 13.8 Å². The summed E-state index contributed by atoms with van der Waals surface area (Å²) in [6.45, 7) is -0.408. The van der Waals surface area contributed by atoms with Crippen LogP contribution >= 0.6 is 0 Å². The molecule has 1 aliphatic carbocycles. The summed E-state index contributed by atoms with van der Waals surface area (Å²) < 4.78 is 32.5. The Bertz CT molecular complexity index is 990. The van der Waals surface area contributed by atoms with Crippen LogP contribution in [0.25, 0.3) is 0 Å². The smallest absolute Gasteiger partial charge is 0.305 e. The van der Waals surface area contributed by atoms with E-state index in [-0.39, 0.29) is 18.0 Å². The van der Waals surface area contributed by atoms with Crippen molar-refractivity contribution in [3.63, 3.8) is 0 Å². The lowest BCUT2D eigenvalue weighted by molar-refractivity contribution is -0.137. The molecule has 7 nitrogen and oxygen atoms in total. The number of aliphatic carboxylic acids is 1. The van der Waals surface area contributed by atoms with Crippen molar-refractivity contribution in [3.05, 3.63) is 53.7 Å². The molecule has 4 rings (SSSR count). The fourth-order valence-electron chi connectivity index (χ4n) is 3.75. The minimum atomic E-state index is -2.74. The number of benzene rings is 1. The first-order valence-electron chi connectivity index (χ1n) is 11.1. The van der Waals surface area contributed by atoms with Crippen LogP contribution in [0.1, 0.15) is 41.7 Å². The summed E-state index contributed by atoms with van der Waals surface area (Å²) in [5, 5.41) is 12.0. The van der Waals surface area contributed by atoms with E-state index in [1.807, 2.05) is 30.3 Å². The zero-order valence-electron chi connectivity index (χ0n) is 18.2. The molecule has 1 atom stereocenters. The summed E-state index contributed by atoms with van der Waals surface area (Å²) >= 11 is 0. The first-order chi connectivity index (χ1) is 15.8. The average Bonchev–Trinajstić information content (AvgIpc) is 3.59. The van der Waals surface area contributed by atoms with Gasteiger partial charge in [-0.1, -0.05) is 30.3 Å². The van der Waals surface area contributed by atoms with Gasteiger partial charge >= 0.3 is 5.97 Å². The van der Waals surface area contributed by atoms with Gasteiger partial charge in [0.1, 0.15) is 11.4 Å². The number of hydrogen-bond acceptors (Lipinski definition) is 5. The molecular weight excluding hydrogens is 432 g/mol. The number of halogens is 2. The van der Waals surface area contributed by atoms with Crippen LogP contribution in [0.5, 0.6) is 5.88 Å². The second-order valence-electron chi connectivity index (χ2n) is 8.78. The summed E-state index contributed by atoms with van der Waals surface area (Å²) in [4.78, 5) is 30.0. The predicted molar refractivity (Wildman–Crippen MR) is 118 cm³/mol. The molecule has 1 aromatic carbocycles. The van der Waals surface area contributed by atoms with Gasteiger partial charge in [0.2, 0.25) is 5.88 Å². The molecule has 0 spiro atoms. The van der Waals surface area contributed by atoms with E-state index >= 15 is 0 Å². The molecule has 1 aliphatic heterocycles. The predicted octanol–water partition coefficient (Wildman–Crippen LogP) is 3.53. The number of aromatic nitrogens is 1. The van der Waals surface area contributed by atoms with Crippen molar-refractivity contribution in [2.24, 2.45) is 5.92 Å². The normalized spacial score (nSPS) is 17.7. The van der Waals surface area contributed by atoms with Gasteiger partial charge in [-0.15, -0.1) is 0 Å². The van der Waals surface area contributed by atoms with Crippen LogP contribution < -0.4 is 15.0 Å². The number of alkyl halides is 2. The summed E-state index contributed by atoms with van der Waals surface area (Å²) in [5.74, 6) is -3.70. The Morgan fingerprint density at radius 3 is 2.55 bits per heavy atom. The number of carboxylic acids is 1. The lowest BCUT2D eigenvalue weighted by atomic mass is 10.0. The number of ether oxygens (including phenoxy) is 1. The Morgan fingerprint density at radius 1 is 1.18 bits per heavy atom. The van der Waals surface area contributed by atoms with E-state index in [4.69, 9.17) is 4.74 Å². The molecule has 0 bridgehead atoms. The average molecular weight is 459 g/mol. The molecule has 176 valence electrons. The number of hydrogen-bond donors (Lipinski definition) is 2. The number of rotatable bonds is 11. The van der Waals surface area contributed by atoms with Gasteiger partial charge in [0.05, 0.1) is 26.1 Å².